The van der Waals surface area contributed by atoms with E-state index in [1.54, 1.807) is 0 Å². The van der Waals surface area contributed by atoms with Crippen LogP contribution in [0.3, 0.4) is 0 Å². The predicted molar refractivity (Wildman–Crippen MR) is 83.3 cm³/mol. The number of rotatable bonds is 3. The van der Waals surface area contributed by atoms with Gasteiger partial charge in [0.05, 0.1) is 6.04 Å². The maximum Gasteiger partial charge on any atom is 0.223 e. The first-order valence-electron chi connectivity index (χ1n) is 8.98. The number of nitrogens with zero attached hydrogens (tertiary/aromatic N) is 4. The Morgan fingerprint density at radius 1 is 1.14 bits per heavy atom. The summed E-state index contributed by atoms with van der Waals surface area (Å²) in [5.74, 6) is 3.20. The molecule has 0 N–H and O–H groups in total. The minimum atomic E-state index is 0.356. The quantitative estimate of drug-likeness (QED) is 0.861. The first kappa shape index (κ1) is 14.2. The normalized spacial score (nSPS) is 28.0. The Hall–Kier alpha value is -1.39. The summed E-state index contributed by atoms with van der Waals surface area (Å²) in [4.78, 5) is 15.1. The summed E-state index contributed by atoms with van der Waals surface area (Å²) >= 11 is 0. The number of aromatic nitrogens is 3. The summed E-state index contributed by atoms with van der Waals surface area (Å²) in [5.41, 5.74) is 0. The standard InChI is InChI=1S/C17H26N4O/c1-2-15-18-19-16-10-13-7-8-14(11-20(15)16)21(13)17(22)9-12-5-3-4-6-12/h12-14H,2-11H2,1H3. The molecule has 2 unspecified atom stereocenters. The molecule has 5 nitrogen and oxygen atoms in total. The summed E-state index contributed by atoms with van der Waals surface area (Å²) in [6.07, 6.45) is 9.98. The highest BCUT2D eigenvalue weighted by atomic mass is 16.2. The van der Waals surface area contributed by atoms with Crippen molar-refractivity contribution < 1.29 is 4.79 Å². The first-order chi connectivity index (χ1) is 10.8. The van der Waals surface area contributed by atoms with Gasteiger partial charge >= 0.3 is 0 Å². The van der Waals surface area contributed by atoms with Crippen LogP contribution in [0.5, 0.6) is 0 Å². The lowest BCUT2D eigenvalue weighted by molar-refractivity contribution is -0.135. The van der Waals surface area contributed by atoms with Gasteiger partial charge in [-0.05, 0) is 31.6 Å². The smallest absolute Gasteiger partial charge is 0.223 e. The second-order valence-electron chi connectivity index (χ2n) is 7.24. The molecule has 1 aromatic rings. The number of carbonyl (C=O) groups excluding carboxylic acids is 1. The van der Waals surface area contributed by atoms with Crippen molar-refractivity contribution in [2.24, 2.45) is 5.92 Å². The molecule has 1 saturated heterocycles. The molecule has 5 heteroatoms. The van der Waals surface area contributed by atoms with Crippen LogP contribution < -0.4 is 0 Å². The van der Waals surface area contributed by atoms with Gasteiger partial charge in [-0.25, -0.2) is 0 Å². The molecular weight excluding hydrogens is 276 g/mol. The third kappa shape index (κ3) is 2.34. The van der Waals surface area contributed by atoms with E-state index in [4.69, 9.17) is 0 Å². The molecule has 2 atom stereocenters. The fourth-order valence-electron chi connectivity index (χ4n) is 4.73. The Balaban J connectivity index is 1.53. The molecule has 3 aliphatic rings. The molecule has 1 aromatic heterocycles. The Kier molecular flexibility index (Phi) is 3.66. The average molecular weight is 302 g/mol. The van der Waals surface area contributed by atoms with E-state index in [0.29, 0.717) is 23.9 Å². The van der Waals surface area contributed by atoms with Crippen molar-refractivity contribution in [1.29, 1.82) is 0 Å². The first-order valence-corrected chi connectivity index (χ1v) is 8.98. The van der Waals surface area contributed by atoms with Gasteiger partial charge < -0.3 is 9.47 Å². The van der Waals surface area contributed by atoms with Crippen LogP contribution in [0.15, 0.2) is 0 Å². The molecular formula is C17H26N4O. The number of aryl methyl sites for hydroxylation is 1. The molecule has 4 rings (SSSR count). The van der Waals surface area contributed by atoms with Gasteiger partial charge in [-0.3, -0.25) is 4.79 Å². The molecule has 2 fully saturated rings. The number of hydrogen-bond donors (Lipinski definition) is 0. The number of carbonyl (C=O) groups is 1. The summed E-state index contributed by atoms with van der Waals surface area (Å²) in [7, 11) is 0. The molecule has 2 bridgehead atoms. The summed E-state index contributed by atoms with van der Waals surface area (Å²) < 4.78 is 2.28. The van der Waals surface area contributed by atoms with Gasteiger partial charge in [0, 0.05) is 31.8 Å². The van der Waals surface area contributed by atoms with E-state index < -0.39 is 0 Å². The van der Waals surface area contributed by atoms with Crippen LogP contribution in [0.4, 0.5) is 0 Å². The van der Waals surface area contributed by atoms with E-state index in [2.05, 4.69) is 26.6 Å². The zero-order valence-corrected chi connectivity index (χ0v) is 13.5. The molecule has 1 aliphatic carbocycles. The van der Waals surface area contributed by atoms with E-state index in [1.807, 2.05) is 0 Å². The van der Waals surface area contributed by atoms with Crippen molar-refractivity contribution in [3.8, 4) is 0 Å². The third-order valence-corrected chi connectivity index (χ3v) is 5.88. The van der Waals surface area contributed by atoms with Crippen LogP contribution in [0.2, 0.25) is 0 Å². The van der Waals surface area contributed by atoms with Gasteiger partial charge in [-0.1, -0.05) is 19.8 Å². The van der Waals surface area contributed by atoms with Crippen molar-refractivity contribution in [1.82, 2.24) is 19.7 Å². The van der Waals surface area contributed by atoms with Gasteiger partial charge in [0.25, 0.3) is 0 Å². The largest absolute Gasteiger partial charge is 0.334 e. The Morgan fingerprint density at radius 3 is 2.68 bits per heavy atom. The Bertz CT molecular complexity index is 561. The topological polar surface area (TPSA) is 51.0 Å². The SMILES string of the molecule is CCc1nnc2n1CC1CCC(C2)N1C(=O)CC1CCCC1. The second kappa shape index (κ2) is 5.67. The highest BCUT2D eigenvalue weighted by Gasteiger charge is 2.41. The zero-order valence-electron chi connectivity index (χ0n) is 13.5. The fourth-order valence-corrected chi connectivity index (χ4v) is 4.73. The van der Waals surface area contributed by atoms with Crippen LogP contribution >= 0.6 is 0 Å². The maximum absolute atomic E-state index is 12.9. The van der Waals surface area contributed by atoms with Crippen LogP contribution in [0.1, 0.15) is 63.5 Å². The zero-order chi connectivity index (χ0) is 15.1. The molecule has 120 valence electrons. The maximum atomic E-state index is 12.9. The molecule has 0 spiro atoms. The lowest BCUT2D eigenvalue weighted by atomic mass is 10.0. The molecule has 3 heterocycles. The monoisotopic (exact) mass is 302 g/mol. The van der Waals surface area contributed by atoms with E-state index in [0.717, 1.165) is 50.3 Å². The minimum Gasteiger partial charge on any atom is -0.334 e. The van der Waals surface area contributed by atoms with Crippen LogP contribution in [0, 0.1) is 5.92 Å². The lowest BCUT2D eigenvalue weighted by Crippen LogP contribution is -2.42. The van der Waals surface area contributed by atoms with Crippen molar-refractivity contribution in [2.45, 2.75) is 83.3 Å². The van der Waals surface area contributed by atoms with Crippen LogP contribution in [-0.4, -0.2) is 37.7 Å². The molecule has 0 aromatic carbocycles. The molecule has 1 amide bonds. The average Bonchev–Trinajstić information content (AvgIpc) is 3.19. The predicted octanol–water partition coefficient (Wildman–Crippen LogP) is 2.34. The van der Waals surface area contributed by atoms with Crippen molar-refractivity contribution in [2.75, 3.05) is 0 Å². The minimum absolute atomic E-state index is 0.356. The van der Waals surface area contributed by atoms with Crippen LogP contribution in [0.25, 0.3) is 0 Å². The van der Waals surface area contributed by atoms with Gasteiger partial charge in [-0.2, -0.15) is 0 Å². The van der Waals surface area contributed by atoms with E-state index in [1.165, 1.54) is 25.7 Å². The summed E-state index contributed by atoms with van der Waals surface area (Å²) in [6.45, 7) is 3.03. The lowest BCUT2D eigenvalue weighted by Gasteiger charge is -2.29. The highest BCUT2D eigenvalue weighted by molar-refractivity contribution is 5.77. The summed E-state index contributed by atoms with van der Waals surface area (Å²) in [5, 5.41) is 8.70. The fraction of sp³-hybridized carbons (Fsp3) is 0.824. The summed E-state index contributed by atoms with van der Waals surface area (Å²) in [6, 6.07) is 0.718. The molecule has 2 aliphatic heterocycles. The van der Waals surface area contributed by atoms with E-state index in [9.17, 15) is 4.79 Å². The molecule has 1 saturated carbocycles. The third-order valence-electron chi connectivity index (χ3n) is 5.88. The van der Waals surface area contributed by atoms with Crippen molar-refractivity contribution in [3.05, 3.63) is 11.6 Å². The van der Waals surface area contributed by atoms with Gasteiger partial charge in [0.1, 0.15) is 11.6 Å². The molecule has 0 radical (unpaired) electrons. The van der Waals surface area contributed by atoms with Gasteiger partial charge in [0.15, 0.2) is 0 Å². The Morgan fingerprint density at radius 2 is 1.91 bits per heavy atom. The number of amides is 1. The highest BCUT2D eigenvalue weighted by Crippen LogP contribution is 2.34. The number of fused-ring (bicyclic) bond motifs is 3. The Labute approximate surface area is 132 Å². The van der Waals surface area contributed by atoms with Gasteiger partial charge in [-0.15, -0.1) is 10.2 Å². The molecule has 22 heavy (non-hydrogen) atoms. The van der Waals surface area contributed by atoms with Gasteiger partial charge in [0.2, 0.25) is 5.91 Å². The van der Waals surface area contributed by atoms with Crippen molar-refractivity contribution in [3.63, 3.8) is 0 Å². The van der Waals surface area contributed by atoms with Crippen molar-refractivity contribution >= 4 is 5.91 Å². The van der Waals surface area contributed by atoms with E-state index >= 15 is 0 Å². The van der Waals surface area contributed by atoms with Crippen LogP contribution in [-0.2, 0) is 24.2 Å². The van der Waals surface area contributed by atoms with E-state index in [-0.39, 0.29) is 0 Å². The number of hydrogen-bond acceptors (Lipinski definition) is 3. The second-order valence-corrected chi connectivity index (χ2v) is 7.24.